The lowest BCUT2D eigenvalue weighted by molar-refractivity contribution is -0.117. The van der Waals surface area contributed by atoms with E-state index in [1.165, 1.54) is 0 Å². The van der Waals surface area contributed by atoms with Gasteiger partial charge in [0.15, 0.2) is 11.5 Å². The molecule has 2 aliphatic heterocycles. The van der Waals surface area contributed by atoms with E-state index < -0.39 is 11.8 Å². The Morgan fingerprint density at radius 2 is 1.86 bits per heavy atom. The lowest BCUT2D eigenvalue weighted by atomic mass is 10.0. The quantitative estimate of drug-likeness (QED) is 0.629. The zero-order valence-corrected chi connectivity index (χ0v) is 15.0. The normalized spacial score (nSPS) is 15.9. The van der Waals surface area contributed by atoms with Crippen LogP contribution < -0.4 is 20.1 Å². The van der Waals surface area contributed by atoms with Crippen LogP contribution in [-0.4, -0.2) is 31.6 Å². The van der Waals surface area contributed by atoms with Crippen molar-refractivity contribution in [3.05, 3.63) is 59.2 Å². The third-order valence-electron chi connectivity index (χ3n) is 4.56. The Hall–Kier alpha value is -3.79. The number of ether oxygens (including phenoxy) is 2. The molecule has 140 valence electrons. The van der Waals surface area contributed by atoms with Gasteiger partial charge in [-0.2, -0.15) is 5.26 Å². The number of nitrogens with one attached hydrogen (secondary N) is 2. The first-order chi connectivity index (χ1) is 13.7. The highest BCUT2D eigenvalue weighted by molar-refractivity contribution is 6.36. The Bertz CT molecular complexity index is 1020. The smallest absolute Gasteiger partial charge is 0.262 e. The maximum absolute atomic E-state index is 12.6. The molecule has 2 heterocycles. The molecule has 0 atom stereocenters. The Balaban J connectivity index is 1.59. The number of nitrogens with zero attached hydrogens (tertiary/aromatic N) is 1. The molecule has 2 aromatic carbocycles. The first-order valence-corrected chi connectivity index (χ1v) is 8.89. The van der Waals surface area contributed by atoms with Crippen LogP contribution in [-0.2, 0) is 16.0 Å². The zero-order valence-electron chi connectivity index (χ0n) is 15.0. The average molecular weight is 375 g/mol. The monoisotopic (exact) mass is 375 g/mol. The summed E-state index contributed by atoms with van der Waals surface area (Å²) < 4.78 is 11.1. The van der Waals surface area contributed by atoms with Gasteiger partial charge in [-0.1, -0.05) is 30.3 Å². The maximum Gasteiger partial charge on any atom is 0.262 e. The number of rotatable bonds is 4. The molecule has 0 saturated carbocycles. The molecule has 2 amide bonds. The zero-order chi connectivity index (χ0) is 19.5. The van der Waals surface area contributed by atoms with Gasteiger partial charge in [-0.25, -0.2) is 0 Å². The molecule has 0 fully saturated rings. The van der Waals surface area contributed by atoms with Gasteiger partial charge >= 0.3 is 0 Å². The average Bonchev–Trinajstić information content (AvgIpc) is 3.02. The molecule has 28 heavy (non-hydrogen) atoms. The summed E-state index contributed by atoms with van der Waals surface area (Å²) in [6.07, 6.45) is 0.627. The number of carbonyl (C=O) groups is 2. The van der Waals surface area contributed by atoms with Gasteiger partial charge in [-0.3, -0.25) is 9.59 Å². The van der Waals surface area contributed by atoms with Crippen LogP contribution in [0.3, 0.4) is 0 Å². The summed E-state index contributed by atoms with van der Waals surface area (Å²) in [7, 11) is 0. The summed E-state index contributed by atoms with van der Waals surface area (Å²) in [5.74, 6) is -0.0587. The molecule has 0 spiro atoms. The number of hydrogen-bond acceptors (Lipinski definition) is 5. The van der Waals surface area contributed by atoms with Crippen molar-refractivity contribution in [3.63, 3.8) is 0 Å². The second-order valence-electron chi connectivity index (χ2n) is 6.35. The molecular formula is C21H17N3O4. The molecule has 2 N–H and O–H groups in total. The van der Waals surface area contributed by atoms with Crippen molar-refractivity contribution in [3.8, 4) is 17.6 Å². The van der Waals surface area contributed by atoms with Crippen molar-refractivity contribution < 1.29 is 19.1 Å². The van der Waals surface area contributed by atoms with Crippen molar-refractivity contribution in [1.82, 2.24) is 5.32 Å². The van der Waals surface area contributed by atoms with E-state index in [9.17, 15) is 14.9 Å². The molecule has 0 saturated heterocycles. The van der Waals surface area contributed by atoms with E-state index in [-0.39, 0.29) is 11.1 Å². The first kappa shape index (κ1) is 17.6. The molecule has 2 aliphatic rings. The SMILES string of the molecule is N#C/C(C(=O)NCCc1ccccc1)=C1/C(=O)Nc2cc3c(cc21)OCCO3. The highest BCUT2D eigenvalue weighted by Crippen LogP contribution is 2.42. The molecule has 0 bridgehead atoms. The summed E-state index contributed by atoms with van der Waals surface area (Å²) in [4.78, 5) is 25.0. The van der Waals surface area contributed by atoms with Gasteiger partial charge in [0.2, 0.25) is 0 Å². The van der Waals surface area contributed by atoms with Crippen LogP contribution in [0.25, 0.3) is 5.57 Å². The van der Waals surface area contributed by atoms with Crippen LogP contribution >= 0.6 is 0 Å². The maximum atomic E-state index is 12.6. The van der Waals surface area contributed by atoms with E-state index >= 15 is 0 Å². The second kappa shape index (κ2) is 7.45. The van der Waals surface area contributed by atoms with Gasteiger partial charge in [0.05, 0.1) is 11.3 Å². The second-order valence-corrected chi connectivity index (χ2v) is 6.35. The summed E-state index contributed by atoms with van der Waals surface area (Å²) >= 11 is 0. The van der Waals surface area contributed by atoms with Crippen molar-refractivity contribution >= 4 is 23.1 Å². The molecule has 0 unspecified atom stereocenters. The standard InChI is InChI=1S/C21H17N3O4/c22-12-15(20(25)23-7-6-13-4-2-1-3-5-13)19-14-10-17-18(28-9-8-27-17)11-16(14)24-21(19)26/h1-5,10-11H,6-9H2,(H,23,25)(H,24,26)/b19-15-. The first-order valence-electron chi connectivity index (χ1n) is 8.89. The highest BCUT2D eigenvalue weighted by atomic mass is 16.6. The van der Waals surface area contributed by atoms with E-state index in [2.05, 4.69) is 10.6 Å². The summed E-state index contributed by atoms with van der Waals surface area (Å²) in [5, 5.41) is 15.0. The fraction of sp³-hybridized carbons (Fsp3) is 0.190. The number of carbonyl (C=O) groups excluding carboxylic acids is 2. The third-order valence-corrected chi connectivity index (χ3v) is 4.56. The molecule has 4 rings (SSSR count). The van der Waals surface area contributed by atoms with Crippen molar-refractivity contribution in [2.24, 2.45) is 0 Å². The predicted molar refractivity (Wildman–Crippen MR) is 102 cm³/mol. The highest BCUT2D eigenvalue weighted by Gasteiger charge is 2.32. The topological polar surface area (TPSA) is 100 Å². The van der Waals surface area contributed by atoms with Crippen LogP contribution in [0.2, 0.25) is 0 Å². The number of hydrogen-bond donors (Lipinski definition) is 2. The lowest BCUT2D eigenvalue weighted by Gasteiger charge is -2.19. The van der Waals surface area contributed by atoms with E-state index in [4.69, 9.17) is 9.47 Å². The van der Waals surface area contributed by atoms with E-state index in [0.717, 1.165) is 5.56 Å². The van der Waals surface area contributed by atoms with E-state index in [1.807, 2.05) is 36.4 Å². The fourth-order valence-electron chi connectivity index (χ4n) is 3.23. The van der Waals surface area contributed by atoms with Crippen molar-refractivity contribution in [2.75, 3.05) is 25.1 Å². The van der Waals surface area contributed by atoms with Gasteiger partial charge in [-0.05, 0) is 18.1 Å². The fourth-order valence-corrected chi connectivity index (χ4v) is 3.23. The van der Waals surface area contributed by atoms with E-state index in [1.54, 1.807) is 12.1 Å². The molecule has 0 aliphatic carbocycles. The minimum absolute atomic E-state index is 0.0479. The summed E-state index contributed by atoms with van der Waals surface area (Å²) in [6.45, 7) is 1.18. The van der Waals surface area contributed by atoms with Crippen LogP contribution in [0.5, 0.6) is 11.5 Å². The molecule has 7 heteroatoms. The van der Waals surface area contributed by atoms with Gasteiger partial charge in [0, 0.05) is 18.2 Å². The van der Waals surface area contributed by atoms with Crippen LogP contribution in [0.1, 0.15) is 11.1 Å². The molecule has 7 nitrogen and oxygen atoms in total. The van der Waals surface area contributed by atoms with Crippen LogP contribution in [0, 0.1) is 11.3 Å². The summed E-state index contributed by atoms with van der Waals surface area (Å²) in [5.41, 5.74) is 1.85. The van der Waals surface area contributed by atoms with Crippen molar-refractivity contribution in [1.29, 1.82) is 5.26 Å². The number of nitriles is 1. The van der Waals surface area contributed by atoms with Gasteiger partial charge in [0.25, 0.3) is 11.8 Å². The number of fused-ring (bicyclic) bond motifs is 2. The minimum atomic E-state index is -0.577. The van der Waals surface area contributed by atoms with Gasteiger partial charge in [-0.15, -0.1) is 0 Å². The Morgan fingerprint density at radius 1 is 1.14 bits per heavy atom. The Kier molecular flexibility index (Phi) is 4.68. The van der Waals surface area contributed by atoms with Crippen molar-refractivity contribution in [2.45, 2.75) is 6.42 Å². The van der Waals surface area contributed by atoms with Crippen LogP contribution in [0.15, 0.2) is 48.0 Å². The Morgan fingerprint density at radius 3 is 2.57 bits per heavy atom. The number of anilines is 1. The van der Waals surface area contributed by atoms with Gasteiger partial charge in [0.1, 0.15) is 24.9 Å². The predicted octanol–water partition coefficient (Wildman–Crippen LogP) is 2.05. The number of amides is 2. The Labute approximate surface area is 161 Å². The molecule has 2 aromatic rings. The largest absolute Gasteiger partial charge is 0.486 e. The summed E-state index contributed by atoms with van der Waals surface area (Å²) in [6, 6.07) is 14.8. The number of benzene rings is 2. The third kappa shape index (κ3) is 3.28. The molecular weight excluding hydrogens is 358 g/mol. The minimum Gasteiger partial charge on any atom is -0.486 e. The van der Waals surface area contributed by atoms with Crippen LogP contribution in [0.4, 0.5) is 5.69 Å². The molecule has 0 aromatic heterocycles. The molecule has 0 radical (unpaired) electrons. The lowest BCUT2D eigenvalue weighted by Crippen LogP contribution is -2.28. The van der Waals surface area contributed by atoms with Gasteiger partial charge < -0.3 is 20.1 Å². The van der Waals surface area contributed by atoms with E-state index in [0.29, 0.717) is 48.9 Å².